The molecular weight excluding hydrogens is 174 g/mol. The quantitative estimate of drug-likeness (QED) is 0.360. The first kappa shape index (κ1) is 12.8. The van der Waals surface area contributed by atoms with Crippen molar-refractivity contribution in [3.05, 3.63) is 0 Å². The van der Waals surface area contributed by atoms with E-state index in [4.69, 9.17) is 21.1 Å². The zero-order valence-corrected chi connectivity index (χ0v) is 8.44. The summed E-state index contributed by atoms with van der Waals surface area (Å²) in [5, 5.41) is 36.5. The lowest BCUT2D eigenvalue weighted by Crippen LogP contribution is -2.64. The summed E-state index contributed by atoms with van der Waals surface area (Å²) in [5.74, 6) is -3.16. The average molecular weight is 193 g/mol. The van der Waals surface area contributed by atoms with Crippen LogP contribution in [0.1, 0.15) is 27.7 Å². The molecule has 0 aliphatic heterocycles. The van der Waals surface area contributed by atoms with Crippen molar-refractivity contribution in [1.29, 1.82) is 0 Å². The van der Waals surface area contributed by atoms with E-state index in [1.165, 1.54) is 13.8 Å². The molecule has 80 valence electrons. The fourth-order valence-corrected chi connectivity index (χ4v) is 0.876. The van der Waals surface area contributed by atoms with Crippen molar-refractivity contribution in [3.8, 4) is 0 Å². The Morgan fingerprint density at radius 3 is 1.38 bits per heavy atom. The second-order valence-electron chi connectivity index (χ2n) is 4.22. The van der Waals surface area contributed by atoms with Gasteiger partial charge in [0.1, 0.15) is 5.60 Å². The molecule has 0 saturated heterocycles. The molecule has 0 radical (unpaired) electrons. The Labute approximate surface area is 77.8 Å². The van der Waals surface area contributed by atoms with Gasteiger partial charge in [-0.25, -0.2) is 0 Å². The topological polar surface area (TPSA) is 107 Å². The van der Waals surface area contributed by atoms with Gasteiger partial charge in [0.15, 0.2) is 0 Å². The molecule has 0 aliphatic carbocycles. The number of rotatable bonds is 3. The minimum absolute atomic E-state index is 0.506. The van der Waals surface area contributed by atoms with Crippen LogP contribution >= 0.6 is 0 Å². The van der Waals surface area contributed by atoms with Gasteiger partial charge in [0.05, 0.1) is 0 Å². The number of nitrogens with two attached hydrogens (primary N) is 1. The molecule has 0 amide bonds. The molecule has 0 saturated carbocycles. The van der Waals surface area contributed by atoms with Gasteiger partial charge in [0.25, 0.3) is 0 Å². The van der Waals surface area contributed by atoms with Crippen LogP contribution in [0.2, 0.25) is 0 Å². The fourth-order valence-electron chi connectivity index (χ4n) is 0.876. The van der Waals surface area contributed by atoms with E-state index in [0.29, 0.717) is 0 Å². The van der Waals surface area contributed by atoms with E-state index in [2.05, 4.69) is 0 Å². The first-order chi connectivity index (χ1) is 5.44. The molecule has 2 unspecified atom stereocenters. The van der Waals surface area contributed by atoms with E-state index < -0.39 is 23.0 Å². The van der Waals surface area contributed by atoms with Gasteiger partial charge in [0, 0.05) is 11.5 Å². The maximum Gasteiger partial charge on any atom is 0.306 e. The summed E-state index contributed by atoms with van der Waals surface area (Å²) >= 11 is 0. The zero-order chi connectivity index (χ0) is 11.1. The summed E-state index contributed by atoms with van der Waals surface area (Å²) in [5.41, 5.74) is 2.42. The van der Waals surface area contributed by atoms with Crippen LogP contribution in [-0.4, -0.2) is 38.0 Å². The lowest BCUT2D eigenvalue weighted by atomic mass is 9.70. The van der Waals surface area contributed by atoms with Crippen LogP contribution in [0, 0.1) is 5.41 Å². The van der Waals surface area contributed by atoms with E-state index in [1.807, 2.05) is 0 Å². The van der Waals surface area contributed by atoms with Crippen LogP contribution in [0.5, 0.6) is 0 Å². The Bertz CT molecular complexity index is 181. The molecule has 2 atom stereocenters. The Morgan fingerprint density at radius 2 is 1.31 bits per heavy atom. The van der Waals surface area contributed by atoms with E-state index >= 15 is 0 Å². The average Bonchev–Trinajstić information content (AvgIpc) is 1.84. The molecule has 0 bridgehead atoms. The lowest BCUT2D eigenvalue weighted by Gasteiger charge is -2.46. The Kier molecular flexibility index (Phi) is 3.13. The van der Waals surface area contributed by atoms with Crippen LogP contribution in [0.25, 0.3) is 0 Å². The summed E-state index contributed by atoms with van der Waals surface area (Å²) in [6.07, 6.45) is 0. The number of aliphatic hydroxyl groups is 4. The molecule has 0 aromatic heterocycles. The molecule has 0 spiro atoms. The fraction of sp³-hybridized carbons (Fsp3) is 1.00. The highest BCUT2D eigenvalue weighted by atomic mass is 16.7. The first-order valence-corrected chi connectivity index (χ1v) is 4.09. The van der Waals surface area contributed by atoms with Crippen molar-refractivity contribution < 1.29 is 20.4 Å². The Morgan fingerprint density at radius 1 is 1.00 bits per heavy atom. The van der Waals surface area contributed by atoms with Gasteiger partial charge in [0.2, 0.25) is 0 Å². The van der Waals surface area contributed by atoms with Gasteiger partial charge in [-0.1, -0.05) is 13.8 Å². The van der Waals surface area contributed by atoms with E-state index in [9.17, 15) is 5.11 Å². The van der Waals surface area contributed by atoms with Crippen molar-refractivity contribution in [2.45, 2.75) is 45.3 Å². The van der Waals surface area contributed by atoms with Crippen molar-refractivity contribution in [1.82, 2.24) is 0 Å². The summed E-state index contributed by atoms with van der Waals surface area (Å²) in [4.78, 5) is 0. The molecule has 0 aliphatic rings. The third-order valence-corrected chi connectivity index (χ3v) is 3.05. The molecule has 0 rings (SSSR count). The van der Waals surface area contributed by atoms with Crippen LogP contribution in [-0.2, 0) is 0 Å². The highest BCUT2D eigenvalue weighted by Gasteiger charge is 2.55. The SMILES string of the molecule is CC(N)C(C)(C)C(C)(O)C(O)(O)O. The molecule has 13 heavy (non-hydrogen) atoms. The maximum atomic E-state index is 9.72. The van der Waals surface area contributed by atoms with E-state index in [0.717, 1.165) is 6.92 Å². The molecule has 5 heteroatoms. The summed E-state index contributed by atoms with van der Waals surface area (Å²) in [6.45, 7) is 5.81. The molecular formula is C8H19NO4. The van der Waals surface area contributed by atoms with E-state index in [1.54, 1.807) is 6.92 Å². The van der Waals surface area contributed by atoms with Crippen molar-refractivity contribution in [2.24, 2.45) is 11.1 Å². The number of hydrogen-bond donors (Lipinski definition) is 5. The molecule has 0 fully saturated rings. The summed E-state index contributed by atoms with van der Waals surface area (Å²) in [6, 6.07) is -0.506. The highest BCUT2D eigenvalue weighted by Crippen LogP contribution is 2.38. The molecule has 6 N–H and O–H groups in total. The normalized spacial score (nSPS) is 21.0. The predicted molar refractivity (Wildman–Crippen MR) is 47.4 cm³/mol. The lowest BCUT2D eigenvalue weighted by molar-refractivity contribution is -0.408. The second kappa shape index (κ2) is 3.18. The minimum Gasteiger partial charge on any atom is -0.381 e. The maximum absolute atomic E-state index is 9.72. The largest absolute Gasteiger partial charge is 0.381 e. The summed E-state index contributed by atoms with van der Waals surface area (Å²) in [7, 11) is 0. The number of hydrogen-bond acceptors (Lipinski definition) is 5. The van der Waals surface area contributed by atoms with Crippen LogP contribution < -0.4 is 5.73 Å². The van der Waals surface area contributed by atoms with Gasteiger partial charge in [-0.05, 0) is 13.8 Å². The van der Waals surface area contributed by atoms with Gasteiger partial charge >= 0.3 is 5.97 Å². The third-order valence-electron chi connectivity index (χ3n) is 3.05. The van der Waals surface area contributed by atoms with Crippen LogP contribution in [0.15, 0.2) is 0 Å². The Balaban J connectivity index is 5.04. The molecule has 0 aromatic rings. The van der Waals surface area contributed by atoms with Crippen molar-refractivity contribution in [2.75, 3.05) is 0 Å². The van der Waals surface area contributed by atoms with E-state index in [-0.39, 0.29) is 0 Å². The van der Waals surface area contributed by atoms with Gasteiger partial charge in [-0.2, -0.15) is 0 Å². The molecule has 5 nitrogen and oxygen atoms in total. The Hall–Kier alpha value is -0.200. The smallest absolute Gasteiger partial charge is 0.306 e. The zero-order valence-electron chi connectivity index (χ0n) is 8.44. The predicted octanol–water partition coefficient (Wildman–Crippen LogP) is -1.26. The third kappa shape index (κ3) is 2.00. The van der Waals surface area contributed by atoms with Crippen LogP contribution in [0.3, 0.4) is 0 Å². The summed E-state index contributed by atoms with van der Waals surface area (Å²) < 4.78 is 0. The standard InChI is InChI=1S/C8H19NO4/c1-5(9)6(2,3)7(4,10)8(11,12)13/h5,10-13H,9H2,1-4H3. The van der Waals surface area contributed by atoms with Crippen LogP contribution in [0.4, 0.5) is 0 Å². The monoisotopic (exact) mass is 193 g/mol. The highest BCUT2D eigenvalue weighted by molar-refractivity contribution is 4.98. The van der Waals surface area contributed by atoms with Gasteiger partial charge in [-0.15, -0.1) is 0 Å². The van der Waals surface area contributed by atoms with Gasteiger partial charge in [-0.3, -0.25) is 0 Å². The minimum atomic E-state index is -3.16. The van der Waals surface area contributed by atoms with Gasteiger partial charge < -0.3 is 26.2 Å². The van der Waals surface area contributed by atoms with Crippen molar-refractivity contribution >= 4 is 0 Å². The second-order valence-corrected chi connectivity index (χ2v) is 4.22. The molecule has 0 heterocycles. The molecule has 0 aromatic carbocycles. The first-order valence-electron chi connectivity index (χ1n) is 4.09. The van der Waals surface area contributed by atoms with Crippen molar-refractivity contribution in [3.63, 3.8) is 0 Å².